The zero-order valence-electron chi connectivity index (χ0n) is 16.8. The number of rotatable bonds is 17. The van der Waals surface area contributed by atoms with Crippen LogP contribution in [0.2, 0.25) is 0 Å². The molecule has 1 aromatic carbocycles. The number of para-hydroxylation sites is 1. The van der Waals surface area contributed by atoms with Gasteiger partial charge in [-0.25, -0.2) is 0 Å². The molecule has 0 saturated carbocycles. The van der Waals surface area contributed by atoms with Gasteiger partial charge in [-0.3, -0.25) is 0 Å². The van der Waals surface area contributed by atoms with E-state index in [0.717, 1.165) is 19.8 Å². The standard InChI is InChI=1S/C23H41NO/c1-3-4-5-15-20-25-21-16-11-9-7-6-8-10-14-19-24-23-18-13-12-17-22(23)2/h12-13,17-18,24H,3-11,14-16,19-21H2,1-2H3. The number of anilines is 1. The molecular weight excluding hydrogens is 306 g/mol. The number of unbranched alkanes of at least 4 members (excludes halogenated alkanes) is 10. The predicted molar refractivity (Wildman–Crippen MR) is 112 cm³/mol. The van der Waals surface area contributed by atoms with E-state index in [1.807, 2.05) is 0 Å². The summed E-state index contributed by atoms with van der Waals surface area (Å²) in [6.07, 6.45) is 16.0. The Kier molecular flexibility index (Phi) is 14.5. The van der Waals surface area contributed by atoms with Crippen molar-refractivity contribution in [3.8, 4) is 0 Å². The van der Waals surface area contributed by atoms with Crippen molar-refractivity contribution in [1.82, 2.24) is 0 Å². The molecule has 0 bridgehead atoms. The first-order valence-corrected chi connectivity index (χ1v) is 10.7. The minimum Gasteiger partial charge on any atom is -0.385 e. The van der Waals surface area contributed by atoms with Gasteiger partial charge in [0.05, 0.1) is 0 Å². The Balaban J connectivity index is 1.75. The van der Waals surface area contributed by atoms with Crippen molar-refractivity contribution >= 4 is 5.69 Å². The molecule has 1 aromatic rings. The highest BCUT2D eigenvalue weighted by Crippen LogP contribution is 2.14. The van der Waals surface area contributed by atoms with Gasteiger partial charge in [0.25, 0.3) is 0 Å². The fraction of sp³-hybridized carbons (Fsp3) is 0.739. The van der Waals surface area contributed by atoms with Crippen LogP contribution in [0, 0.1) is 6.92 Å². The van der Waals surface area contributed by atoms with Gasteiger partial charge in [-0.2, -0.15) is 0 Å². The Morgan fingerprint density at radius 2 is 1.28 bits per heavy atom. The first kappa shape index (κ1) is 22.0. The van der Waals surface area contributed by atoms with Crippen LogP contribution >= 0.6 is 0 Å². The quantitative estimate of drug-likeness (QED) is 0.303. The van der Waals surface area contributed by atoms with E-state index in [9.17, 15) is 0 Å². The molecule has 0 heterocycles. The van der Waals surface area contributed by atoms with Crippen LogP contribution in [-0.2, 0) is 4.74 Å². The molecule has 0 aliphatic heterocycles. The van der Waals surface area contributed by atoms with Gasteiger partial charge in [0, 0.05) is 25.4 Å². The fourth-order valence-corrected chi connectivity index (χ4v) is 3.12. The summed E-state index contributed by atoms with van der Waals surface area (Å²) in [5.74, 6) is 0. The smallest absolute Gasteiger partial charge is 0.0466 e. The number of hydrogen-bond donors (Lipinski definition) is 1. The average Bonchev–Trinajstić information content (AvgIpc) is 2.63. The highest BCUT2D eigenvalue weighted by atomic mass is 16.5. The van der Waals surface area contributed by atoms with Crippen LogP contribution < -0.4 is 5.32 Å². The normalized spacial score (nSPS) is 11.0. The lowest BCUT2D eigenvalue weighted by atomic mass is 10.1. The van der Waals surface area contributed by atoms with Gasteiger partial charge in [0.1, 0.15) is 0 Å². The van der Waals surface area contributed by atoms with Crippen LogP contribution in [0.15, 0.2) is 24.3 Å². The lowest BCUT2D eigenvalue weighted by Crippen LogP contribution is -2.02. The van der Waals surface area contributed by atoms with Gasteiger partial charge < -0.3 is 10.1 Å². The van der Waals surface area contributed by atoms with Crippen molar-refractivity contribution in [2.75, 3.05) is 25.1 Å². The number of hydrogen-bond acceptors (Lipinski definition) is 2. The largest absolute Gasteiger partial charge is 0.385 e. The van der Waals surface area contributed by atoms with Gasteiger partial charge in [-0.15, -0.1) is 0 Å². The van der Waals surface area contributed by atoms with Gasteiger partial charge >= 0.3 is 0 Å². The molecule has 0 amide bonds. The maximum Gasteiger partial charge on any atom is 0.0466 e. The minimum absolute atomic E-state index is 0.969. The Labute approximate surface area is 156 Å². The lowest BCUT2D eigenvalue weighted by Gasteiger charge is -2.09. The zero-order chi connectivity index (χ0) is 18.0. The average molecular weight is 348 g/mol. The first-order chi connectivity index (χ1) is 12.3. The van der Waals surface area contributed by atoms with Crippen molar-refractivity contribution in [2.45, 2.75) is 90.9 Å². The molecule has 0 radical (unpaired) electrons. The SMILES string of the molecule is CCCCCCOCCCCCCCCCCNc1ccccc1C. The van der Waals surface area contributed by atoms with Crippen molar-refractivity contribution in [3.05, 3.63) is 29.8 Å². The third kappa shape index (κ3) is 12.9. The van der Waals surface area contributed by atoms with E-state index in [-0.39, 0.29) is 0 Å². The fourth-order valence-electron chi connectivity index (χ4n) is 3.12. The number of ether oxygens (including phenoxy) is 1. The first-order valence-electron chi connectivity index (χ1n) is 10.7. The third-order valence-electron chi connectivity index (χ3n) is 4.82. The molecule has 0 saturated heterocycles. The van der Waals surface area contributed by atoms with Crippen LogP contribution in [0.3, 0.4) is 0 Å². The summed E-state index contributed by atoms with van der Waals surface area (Å²) in [4.78, 5) is 0. The van der Waals surface area contributed by atoms with Crippen molar-refractivity contribution < 1.29 is 4.74 Å². The maximum absolute atomic E-state index is 5.69. The number of aryl methyl sites for hydroxylation is 1. The summed E-state index contributed by atoms with van der Waals surface area (Å²) < 4.78 is 5.69. The molecule has 2 heteroatoms. The summed E-state index contributed by atoms with van der Waals surface area (Å²) in [7, 11) is 0. The molecule has 2 nitrogen and oxygen atoms in total. The summed E-state index contributed by atoms with van der Waals surface area (Å²) >= 11 is 0. The van der Waals surface area contributed by atoms with Crippen LogP contribution in [0.4, 0.5) is 5.69 Å². The summed E-state index contributed by atoms with van der Waals surface area (Å²) in [6, 6.07) is 8.54. The van der Waals surface area contributed by atoms with Gasteiger partial charge in [-0.05, 0) is 37.8 Å². The molecule has 25 heavy (non-hydrogen) atoms. The summed E-state index contributed by atoms with van der Waals surface area (Å²) in [5.41, 5.74) is 2.63. The molecule has 0 fully saturated rings. The second-order valence-electron chi connectivity index (χ2n) is 7.24. The minimum atomic E-state index is 0.969. The third-order valence-corrected chi connectivity index (χ3v) is 4.82. The molecule has 1 N–H and O–H groups in total. The van der Waals surface area contributed by atoms with Gasteiger partial charge in [0.2, 0.25) is 0 Å². The van der Waals surface area contributed by atoms with Crippen LogP contribution in [-0.4, -0.2) is 19.8 Å². The second-order valence-corrected chi connectivity index (χ2v) is 7.24. The van der Waals surface area contributed by atoms with Crippen LogP contribution in [0.1, 0.15) is 89.5 Å². The molecule has 0 unspecified atom stereocenters. The van der Waals surface area contributed by atoms with E-state index >= 15 is 0 Å². The topological polar surface area (TPSA) is 21.3 Å². The predicted octanol–water partition coefficient (Wildman–Crippen LogP) is 7.12. The molecule has 1 rings (SSSR count). The van der Waals surface area contributed by atoms with E-state index in [1.54, 1.807) is 0 Å². The Morgan fingerprint density at radius 3 is 1.92 bits per heavy atom. The molecule has 0 aromatic heterocycles. The molecule has 144 valence electrons. The summed E-state index contributed by atoms with van der Waals surface area (Å²) in [5, 5.41) is 3.55. The van der Waals surface area contributed by atoms with E-state index in [0.29, 0.717) is 0 Å². The molecular formula is C23H41NO. The van der Waals surface area contributed by atoms with Crippen molar-refractivity contribution in [2.24, 2.45) is 0 Å². The maximum atomic E-state index is 5.69. The molecule has 0 atom stereocenters. The Morgan fingerprint density at radius 1 is 0.720 bits per heavy atom. The van der Waals surface area contributed by atoms with Gasteiger partial charge in [-0.1, -0.05) is 82.9 Å². The molecule has 0 aliphatic carbocycles. The van der Waals surface area contributed by atoms with E-state index in [4.69, 9.17) is 4.74 Å². The summed E-state index contributed by atoms with van der Waals surface area (Å²) in [6.45, 7) is 7.46. The van der Waals surface area contributed by atoms with E-state index in [1.165, 1.54) is 88.3 Å². The van der Waals surface area contributed by atoms with Crippen LogP contribution in [0.25, 0.3) is 0 Å². The van der Waals surface area contributed by atoms with Gasteiger partial charge in [0.15, 0.2) is 0 Å². The van der Waals surface area contributed by atoms with Crippen LogP contribution in [0.5, 0.6) is 0 Å². The van der Waals surface area contributed by atoms with E-state index < -0.39 is 0 Å². The Bertz CT molecular complexity index is 405. The number of benzene rings is 1. The Hall–Kier alpha value is -1.02. The second kappa shape index (κ2) is 16.4. The highest BCUT2D eigenvalue weighted by Gasteiger charge is 1.96. The lowest BCUT2D eigenvalue weighted by molar-refractivity contribution is 0.125. The molecule has 0 aliphatic rings. The van der Waals surface area contributed by atoms with Crippen molar-refractivity contribution in [1.29, 1.82) is 0 Å². The molecule has 0 spiro atoms. The number of nitrogens with one attached hydrogen (secondary N) is 1. The van der Waals surface area contributed by atoms with E-state index in [2.05, 4.69) is 43.4 Å². The van der Waals surface area contributed by atoms with Crippen molar-refractivity contribution in [3.63, 3.8) is 0 Å². The zero-order valence-corrected chi connectivity index (χ0v) is 16.8. The highest BCUT2D eigenvalue weighted by molar-refractivity contribution is 5.49. The monoisotopic (exact) mass is 347 g/mol.